The van der Waals surface area contributed by atoms with E-state index in [9.17, 15) is 4.79 Å². The lowest BCUT2D eigenvalue weighted by atomic mass is 10.1. The molecule has 1 amide bonds. The first-order chi connectivity index (χ1) is 11.6. The van der Waals surface area contributed by atoms with Crippen molar-refractivity contribution in [1.29, 1.82) is 0 Å². The van der Waals surface area contributed by atoms with Crippen LogP contribution >= 0.6 is 34.4 Å². The van der Waals surface area contributed by atoms with Gasteiger partial charge in [-0.1, -0.05) is 23.5 Å². The van der Waals surface area contributed by atoms with E-state index in [1.54, 1.807) is 22.7 Å². The van der Waals surface area contributed by atoms with Crippen LogP contribution in [0, 0.1) is 13.8 Å². The number of nitrogens with zero attached hydrogens (tertiary/aromatic N) is 2. The molecule has 0 aliphatic rings. The monoisotopic (exact) mass is 376 g/mol. The zero-order valence-electron chi connectivity index (χ0n) is 14.0. The Bertz CT molecular complexity index is 920. The summed E-state index contributed by atoms with van der Waals surface area (Å²) in [7, 11) is 0. The fourth-order valence-corrected chi connectivity index (χ4v) is 4.89. The Kier molecular flexibility index (Phi) is 5.58. The summed E-state index contributed by atoms with van der Waals surface area (Å²) in [5.41, 5.74) is 3.68. The maximum Gasteiger partial charge on any atom is 0.253 e. The van der Waals surface area contributed by atoms with Crippen LogP contribution in [-0.4, -0.2) is 22.5 Å². The number of rotatable bonds is 5. The van der Waals surface area contributed by atoms with Crippen LogP contribution in [0.15, 0.2) is 34.6 Å². The van der Waals surface area contributed by atoms with E-state index in [0.717, 1.165) is 22.0 Å². The Hall–Kier alpha value is -1.37. The van der Waals surface area contributed by atoms with Gasteiger partial charge in [0, 0.05) is 17.2 Å². The SMILES string of the molecule is CSCCn1c(=NC(=O)Cc2cccs2)sc2c(C)cc(C)cc21. The van der Waals surface area contributed by atoms with Crippen LogP contribution in [-0.2, 0) is 17.8 Å². The van der Waals surface area contributed by atoms with Crippen molar-refractivity contribution in [2.75, 3.05) is 12.0 Å². The summed E-state index contributed by atoms with van der Waals surface area (Å²) in [5.74, 6) is 0.932. The number of aryl methyl sites for hydroxylation is 3. The molecule has 3 rings (SSSR count). The molecule has 2 aromatic heterocycles. The molecule has 0 saturated carbocycles. The van der Waals surface area contributed by atoms with Crippen LogP contribution in [0.5, 0.6) is 0 Å². The van der Waals surface area contributed by atoms with E-state index in [1.807, 2.05) is 29.3 Å². The molecule has 24 heavy (non-hydrogen) atoms. The molecular weight excluding hydrogens is 356 g/mol. The van der Waals surface area contributed by atoms with Crippen LogP contribution in [0.1, 0.15) is 16.0 Å². The molecule has 0 N–H and O–H groups in total. The molecule has 0 atom stereocenters. The molecule has 0 saturated heterocycles. The Morgan fingerprint density at radius 3 is 2.88 bits per heavy atom. The van der Waals surface area contributed by atoms with E-state index >= 15 is 0 Å². The smallest absolute Gasteiger partial charge is 0.253 e. The van der Waals surface area contributed by atoms with E-state index < -0.39 is 0 Å². The summed E-state index contributed by atoms with van der Waals surface area (Å²) in [6.45, 7) is 5.11. The average molecular weight is 377 g/mol. The van der Waals surface area contributed by atoms with Crippen molar-refractivity contribution in [2.45, 2.75) is 26.8 Å². The molecular formula is C18H20N2OS3. The average Bonchev–Trinajstić information content (AvgIpc) is 3.13. The third-order valence-electron chi connectivity index (χ3n) is 3.76. The van der Waals surface area contributed by atoms with E-state index in [1.165, 1.54) is 21.3 Å². The van der Waals surface area contributed by atoms with Crippen molar-refractivity contribution in [3.05, 3.63) is 50.5 Å². The number of thiophene rings is 1. The van der Waals surface area contributed by atoms with Crippen LogP contribution in [0.3, 0.4) is 0 Å². The predicted molar refractivity (Wildman–Crippen MR) is 106 cm³/mol. The number of hydrogen-bond acceptors (Lipinski definition) is 4. The highest BCUT2D eigenvalue weighted by Gasteiger charge is 2.11. The van der Waals surface area contributed by atoms with Gasteiger partial charge in [0.1, 0.15) is 0 Å². The highest BCUT2D eigenvalue weighted by atomic mass is 32.2. The second kappa shape index (κ2) is 7.68. The second-order valence-corrected chi connectivity index (χ2v) is 8.72. The Balaban J connectivity index is 2.06. The number of amides is 1. The zero-order valence-corrected chi connectivity index (χ0v) is 16.5. The molecule has 1 aromatic carbocycles. The van der Waals surface area contributed by atoms with Gasteiger partial charge < -0.3 is 4.57 Å². The Labute approximate surface area is 154 Å². The van der Waals surface area contributed by atoms with E-state index in [4.69, 9.17) is 0 Å². The largest absolute Gasteiger partial charge is 0.315 e. The minimum Gasteiger partial charge on any atom is -0.315 e. The first-order valence-corrected chi connectivity index (χ1v) is 10.9. The lowest BCUT2D eigenvalue weighted by molar-refractivity contribution is -0.117. The fourth-order valence-electron chi connectivity index (χ4n) is 2.70. The summed E-state index contributed by atoms with van der Waals surface area (Å²) in [6, 6.07) is 8.34. The summed E-state index contributed by atoms with van der Waals surface area (Å²) in [4.78, 5) is 18.7. The Morgan fingerprint density at radius 2 is 2.17 bits per heavy atom. The minimum absolute atomic E-state index is 0.0729. The quantitative estimate of drug-likeness (QED) is 0.661. The van der Waals surface area contributed by atoms with Gasteiger partial charge in [-0.2, -0.15) is 16.8 Å². The van der Waals surface area contributed by atoms with Gasteiger partial charge in [0.2, 0.25) is 0 Å². The van der Waals surface area contributed by atoms with E-state index in [2.05, 4.69) is 41.8 Å². The second-order valence-electron chi connectivity index (χ2n) is 5.72. The fraction of sp³-hybridized carbons (Fsp3) is 0.333. The van der Waals surface area contributed by atoms with Gasteiger partial charge in [-0.3, -0.25) is 4.79 Å². The molecule has 3 aromatic rings. The third kappa shape index (κ3) is 3.82. The van der Waals surface area contributed by atoms with Crippen molar-refractivity contribution in [3.8, 4) is 0 Å². The summed E-state index contributed by atoms with van der Waals surface area (Å²) in [6.07, 6.45) is 2.48. The maximum absolute atomic E-state index is 12.4. The van der Waals surface area contributed by atoms with Gasteiger partial charge in [-0.15, -0.1) is 11.3 Å². The molecule has 0 bridgehead atoms. The number of thioether (sulfide) groups is 1. The van der Waals surface area contributed by atoms with E-state index in [-0.39, 0.29) is 5.91 Å². The van der Waals surface area contributed by atoms with Gasteiger partial charge in [0.05, 0.1) is 16.6 Å². The number of hydrogen-bond donors (Lipinski definition) is 0. The van der Waals surface area contributed by atoms with Gasteiger partial charge in [-0.25, -0.2) is 0 Å². The molecule has 6 heteroatoms. The summed E-state index contributed by atoms with van der Waals surface area (Å²) >= 11 is 5.03. The van der Waals surface area contributed by atoms with Crippen molar-refractivity contribution >= 4 is 50.6 Å². The maximum atomic E-state index is 12.4. The van der Waals surface area contributed by atoms with Crippen molar-refractivity contribution in [3.63, 3.8) is 0 Å². The highest BCUT2D eigenvalue weighted by molar-refractivity contribution is 7.98. The number of fused-ring (bicyclic) bond motifs is 1. The molecule has 0 radical (unpaired) electrons. The lowest BCUT2D eigenvalue weighted by Crippen LogP contribution is -2.18. The molecule has 0 aliphatic heterocycles. The normalized spacial score (nSPS) is 12.2. The number of benzene rings is 1. The number of carbonyl (C=O) groups excluding carboxylic acids is 1. The van der Waals surface area contributed by atoms with Crippen LogP contribution in [0.2, 0.25) is 0 Å². The predicted octanol–water partition coefficient (Wildman–Crippen LogP) is 4.41. The van der Waals surface area contributed by atoms with Gasteiger partial charge in [0.15, 0.2) is 4.80 Å². The topological polar surface area (TPSA) is 34.4 Å². The molecule has 2 heterocycles. The summed E-state index contributed by atoms with van der Waals surface area (Å²) in [5, 5.41) is 1.99. The first-order valence-electron chi connectivity index (χ1n) is 7.78. The van der Waals surface area contributed by atoms with Crippen molar-refractivity contribution in [1.82, 2.24) is 4.57 Å². The number of thiazole rings is 1. The highest BCUT2D eigenvalue weighted by Crippen LogP contribution is 2.23. The molecule has 126 valence electrons. The molecule has 3 nitrogen and oxygen atoms in total. The van der Waals surface area contributed by atoms with Crippen molar-refractivity contribution < 1.29 is 4.79 Å². The molecule has 0 spiro atoms. The van der Waals surface area contributed by atoms with Crippen LogP contribution in [0.25, 0.3) is 10.2 Å². The van der Waals surface area contributed by atoms with Crippen molar-refractivity contribution in [2.24, 2.45) is 4.99 Å². The lowest BCUT2D eigenvalue weighted by Gasteiger charge is -2.05. The third-order valence-corrected chi connectivity index (χ3v) is 6.46. The molecule has 0 unspecified atom stereocenters. The zero-order chi connectivity index (χ0) is 17.1. The summed E-state index contributed by atoms with van der Waals surface area (Å²) < 4.78 is 3.42. The standard InChI is InChI=1S/C18H20N2OS3/c1-12-9-13(2)17-15(10-12)20(6-8-22-3)18(24-17)19-16(21)11-14-5-4-7-23-14/h4-5,7,9-10H,6,8,11H2,1-3H3. The van der Waals surface area contributed by atoms with E-state index in [0.29, 0.717) is 6.42 Å². The molecule has 0 aliphatic carbocycles. The number of aromatic nitrogens is 1. The van der Waals surface area contributed by atoms with Crippen LogP contribution < -0.4 is 4.80 Å². The number of carbonyl (C=O) groups is 1. The molecule has 0 fully saturated rings. The minimum atomic E-state index is -0.0729. The Morgan fingerprint density at radius 1 is 1.33 bits per heavy atom. The first kappa shape index (κ1) is 17.5. The van der Waals surface area contributed by atoms with Gasteiger partial charge in [0.25, 0.3) is 5.91 Å². The van der Waals surface area contributed by atoms with Crippen LogP contribution in [0.4, 0.5) is 0 Å². The van der Waals surface area contributed by atoms with Gasteiger partial charge >= 0.3 is 0 Å². The van der Waals surface area contributed by atoms with Gasteiger partial charge in [-0.05, 0) is 48.7 Å².